The number of aromatic nitrogens is 1. The number of hydrogen-bond acceptors (Lipinski definition) is 5. The first-order valence-corrected chi connectivity index (χ1v) is 13.3. The van der Waals surface area contributed by atoms with Crippen LogP contribution in [0.1, 0.15) is 54.0 Å². The molecule has 0 atom stereocenters. The topological polar surface area (TPSA) is 51.2 Å². The standard InChI is InChI=1S/C22H24N2O2S2.C5H12/c1-5-15-6-11-18(19(12-15)27-4)20-13-23-21(28-20)16-7-9-17(10-8-16)24-22(25)26-14(2)3;1-5(2,3)4/h6-14H,5H2,1-4H3,(H,24,25);1-4H3. The molecular weight excluding hydrogens is 448 g/mol. The van der Waals surface area contributed by atoms with Crippen LogP contribution >= 0.6 is 23.1 Å². The molecule has 0 unspecified atom stereocenters. The fraction of sp³-hybridized carbons (Fsp3) is 0.407. The second-order valence-corrected chi connectivity index (χ2v) is 11.5. The molecule has 4 nitrogen and oxygen atoms in total. The number of thiazole rings is 1. The van der Waals surface area contributed by atoms with Gasteiger partial charge in [-0.2, -0.15) is 0 Å². The van der Waals surface area contributed by atoms with E-state index in [-0.39, 0.29) is 6.10 Å². The molecule has 0 saturated carbocycles. The lowest BCUT2D eigenvalue weighted by molar-refractivity contribution is 0.130. The summed E-state index contributed by atoms with van der Waals surface area (Å²) in [4.78, 5) is 18.7. The summed E-state index contributed by atoms with van der Waals surface area (Å²) in [5, 5.41) is 3.68. The van der Waals surface area contributed by atoms with Crippen LogP contribution in [0.3, 0.4) is 0 Å². The average Bonchev–Trinajstić information content (AvgIpc) is 3.22. The van der Waals surface area contributed by atoms with Crippen molar-refractivity contribution in [2.75, 3.05) is 11.6 Å². The monoisotopic (exact) mass is 484 g/mol. The van der Waals surface area contributed by atoms with Crippen molar-refractivity contribution in [1.82, 2.24) is 4.98 Å². The van der Waals surface area contributed by atoms with Gasteiger partial charge in [0.2, 0.25) is 0 Å². The Morgan fingerprint density at radius 2 is 1.76 bits per heavy atom. The van der Waals surface area contributed by atoms with Crippen molar-refractivity contribution < 1.29 is 9.53 Å². The molecule has 0 bridgehead atoms. The van der Waals surface area contributed by atoms with Gasteiger partial charge >= 0.3 is 6.09 Å². The maximum atomic E-state index is 11.7. The number of ether oxygens (including phenoxy) is 1. The molecule has 0 fully saturated rings. The fourth-order valence-corrected chi connectivity index (χ4v) is 4.44. The van der Waals surface area contributed by atoms with Gasteiger partial charge in [-0.05, 0) is 67.8 Å². The molecule has 0 spiro atoms. The van der Waals surface area contributed by atoms with E-state index in [1.165, 1.54) is 16.0 Å². The van der Waals surface area contributed by atoms with Gasteiger partial charge in [0.1, 0.15) is 5.01 Å². The van der Waals surface area contributed by atoms with Crippen LogP contribution in [0.4, 0.5) is 10.5 Å². The smallest absolute Gasteiger partial charge is 0.411 e. The summed E-state index contributed by atoms with van der Waals surface area (Å²) in [5.74, 6) is 0. The number of carbonyl (C=O) groups excluding carboxylic acids is 1. The summed E-state index contributed by atoms with van der Waals surface area (Å²) in [6, 6.07) is 14.3. The Morgan fingerprint density at radius 1 is 1.12 bits per heavy atom. The second-order valence-electron chi connectivity index (χ2n) is 9.57. The van der Waals surface area contributed by atoms with Crippen molar-refractivity contribution >= 4 is 34.9 Å². The number of hydrogen-bond donors (Lipinski definition) is 1. The van der Waals surface area contributed by atoms with E-state index in [2.05, 4.69) is 69.4 Å². The van der Waals surface area contributed by atoms with Crippen LogP contribution in [0.25, 0.3) is 21.0 Å². The van der Waals surface area contributed by atoms with Crippen LogP contribution in [0.15, 0.2) is 53.6 Å². The Bertz CT molecular complexity index is 1030. The van der Waals surface area contributed by atoms with Crippen molar-refractivity contribution in [3.8, 4) is 21.0 Å². The zero-order chi connectivity index (χ0) is 24.6. The molecule has 178 valence electrons. The number of amides is 1. The summed E-state index contributed by atoms with van der Waals surface area (Å²) in [6.07, 6.45) is 4.49. The molecule has 0 aliphatic heterocycles. The summed E-state index contributed by atoms with van der Waals surface area (Å²) >= 11 is 3.44. The lowest BCUT2D eigenvalue weighted by atomic mass is 10.0. The number of benzene rings is 2. The van der Waals surface area contributed by atoms with Gasteiger partial charge in [0.25, 0.3) is 0 Å². The van der Waals surface area contributed by atoms with E-state index in [9.17, 15) is 4.79 Å². The minimum absolute atomic E-state index is 0.148. The van der Waals surface area contributed by atoms with Gasteiger partial charge in [-0.3, -0.25) is 5.32 Å². The summed E-state index contributed by atoms with van der Waals surface area (Å²) in [7, 11) is 0. The quantitative estimate of drug-likeness (QED) is 0.355. The zero-order valence-corrected chi connectivity index (χ0v) is 22.6. The van der Waals surface area contributed by atoms with Crippen LogP contribution in [0.5, 0.6) is 0 Å². The van der Waals surface area contributed by atoms with Crippen LogP contribution < -0.4 is 5.32 Å². The van der Waals surface area contributed by atoms with E-state index in [4.69, 9.17) is 4.74 Å². The molecule has 1 aromatic heterocycles. The van der Waals surface area contributed by atoms with E-state index in [0.29, 0.717) is 11.1 Å². The van der Waals surface area contributed by atoms with Crippen molar-refractivity contribution in [2.45, 2.75) is 65.9 Å². The highest BCUT2D eigenvalue weighted by Crippen LogP contribution is 2.37. The first-order valence-electron chi connectivity index (χ1n) is 11.2. The molecule has 2 aromatic carbocycles. The summed E-state index contributed by atoms with van der Waals surface area (Å²) < 4.78 is 5.10. The predicted molar refractivity (Wildman–Crippen MR) is 145 cm³/mol. The van der Waals surface area contributed by atoms with Crippen molar-refractivity contribution in [3.63, 3.8) is 0 Å². The highest BCUT2D eigenvalue weighted by atomic mass is 32.2. The van der Waals surface area contributed by atoms with Gasteiger partial charge in [-0.15, -0.1) is 23.1 Å². The molecule has 1 heterocycles. The maximum Gasteiger partial charge on any atom is 0.411 e. The van der Waals surface area contributed by atoms with E-state index < -0.39 is 6.09 Å². The largest absolute Gasteiger partial charge is 0.447 e. The SMILES string of the molecule is CC(C)(C)C.CCc1ccc(-c2cnc(-c3ccc(NC(=O)OC(C)C)cc3)s2)c(SC)c1. The van der Waals surface area contributed by atoms with Crippen molar-refractivity contribution in [2.24, 2.45) is 5.41 Å². The number of rotatable bonds is 6. The summed E-state index contributed by atoms with van der Waals surface area (Å²) in [5.41, 5.74) is 4.79. The lowest BCUT2D eigenvalue weighted by Crippen LogP contribution is -2.17. The molecule has 0 aliphatic carbocycles. The van der Waals surface area contributed by atoms with Crippen LogP contribution in [0.2, 0.25) is 0 Å². The Hall–Kier alpha value is -2.31. The molecular formula is C27H36N2O2S2. The van der Waals surface area contributed by atoms with E-state index >= 15 is 0 Å². The molecule has 1 amide bonds. The molecule has 1 N–H and O–H groups in total. The normalized spacial score (nSPS) is 11.1. The van der Waals surface area contributed by atoms with E-state index in [0.717, 1.165) is 21.9 Å². The summed E-state index contributed by atoms with van der Waals surface area (Å²) in [6.45, 7) is 14.6. The van der Waals surface area contributed by atoms with Gasteiger partial charge < -0.3 is 4.74 Å². The molecule has 3 aromatic rings. The highest BCUT2D eigenvalue weighted by Gasteiger charge is 2.11. The van der Waals surface area contributed by atoms with Gasteiger partial charge in [-0.25, -0.2) is 9.78 Å². The Morgan fingerprint density at radius 3 is 2.30 bits per heavy atom. The van der Waals surface area contributed by atoms with Crippen LogP contribution in [0, 0.1) is 5.41 Å². The zero-order valence-electron chi connectivity index (χ0n) is 21.0. The minimum atomic E-state index is -0.445. The first kappa shape index (κ1) is 26.9. The Balaban J connectivity index is 0.000000696. The maximum absolute atomic E-state index is 11.7. The van der Waals surface area contributed by atoms with Gasteiger partial charge in [-0.1, -0.05) is 46.8 Å². The van der Waals surface area contributed by atoms with E-state index in [1.807, 2.05) is 44.3 Å². The van der Waals surface area contributed by atoms with Gasteiger partial charge in [0.05, 0.1) is 11.0 Å². The number of carbonyl (C=O) groups is 1. The Kier molecular flexibility index (Phi) is 9.99. The fourth-order valence-electron chi connectivity index (χ4n) is 2.75. The number of anilines is 1. The molecule has 0 radical (unpaired) electrons. The third kappa shape index (κ3) is 9.22. The minimum Gasteiger partial charge on any atom is -0.447 e. The first-order chi connectivity index (χ1) is 15.5. The van der Waals surface area contributed by atoms with Gasteiger partial charge in [0, 0.05) is 27.9 Å². The molecule has 3 rings (SSSR count). The number of thioether (sulfide) groups is 1. The van der Waals surface area contributed by atoms with Crippen LogP contribution in [-0.4, -0.2) is 23.4 Å². The number of aryl methyl sites for hydroxylation is 1. The second kappa shape index (κ2) is 12.2. The van der Waals surface area contributed by atoms with Gasteiger partial charge in [0.15, 0.2) is 0 Å². The third-order valence-electron chi connectivity index (χ3n) is 4.17. The number of nitrogens with one attached hydrogen (secondary N) is 1. The average molecular weight is 485 g/mol. The Labute approximate surface area is 207 Å². The number of nitrogens with zero attached hydrogens (tertiary/aromatic N) is 1. The third-order valence-corrected chi connectivity index (χ3v) is 6.02. The molecule has 6 heteroatoms. The molecule has 33 heavy (non-hydrogen) atoms. The highest BCUT2D eigenvalue weighted by molar-refractivity contribution is 7.98. The lowest BCUT2D eigenvalue weighted by Gasteiger charge is -2.09. The van der Waals surface area contributed by atoms with Crippen LogP contribution in [-0.2, 0) is 11.2 Å². The van der Waals surface area contributed by atoms with Crippen molar-refractivity contribution in [1.29, 1.82) is 0 Å². The van der Waals surface area contributed by atoms with Crippen molar-refractivity contribution in [3.05, 3.63) is 54.2 Å². The van der Waals surface area contributed by atoms with E-state index in [1.54, 1.807) is 23.1 Å². The molecule has 0 aliphatic rings. The predicted octanol–water partition coefficient (Wildman–Crippen LogP) is 8.77. The molecule has 0 saturated heterocycles.